The van der Waals surface area contributed by atoms with Gasteiger partial charge in [0.05, 0.1) is 10.0 Å². The third kappa shape index (κ3) is 3.97. The van der Waals surface area contributed by atoms with Crippen molar-refractivity contribution in [3.63, 3.8) is 0 Å². The zero-order chi connectivity index (χ0) is 15.4. The highest BCUT2D eigenvalue weighted by atomic mass is 79.9. The number of nitrogens with zero attached hydrogens (tertiary/aromatic N) is 1. The van der Waals surface area contributed by atoms with E-state index < -0.39 is 12.1 Å². The van der Waals surface area contributed by atoms with E-state index in [2.05, 4.69) is 15.9 Å². The van der Waals surface area contributed by atoms with Gasteiger partial charge in [0.1, 0.15) is 5.75 Å². The average molecular weight is 356 g/mol. The molecule has 0 spiro atoms. The fraction of sp³-hybridized carbons (Fsp3) is 0.467. The summed E-state index contributed by atoms with van der Waals surface area (Å²) in [5.41, 5.74) is 0.130. The van der Waals surface area contributed by atoms with E-state index in [0.717, 1.165) is 32.4 Å². The molecule has 1 atom stereocenters. The summed E-state index contributed by atoms with van der Waals surface area (Å²) in [4.78, 5) is 25.1. The van der Waals surface area contributed by atoms with Crippen LogP contribution in [0.2, 0.25) is 0 Å². The Morgan fingerprint density at radius 1 is 1.29 bits per heavy atom. The fourth-order valence-corrected chi connectivity index (χ4v) is 2.68. The number of likely N-dealkylation sites (tertiary alicyclic amines) is 1. The molecule has 1 aromatic rings. The van der Waals surface area contributed by atoms with Gasteiger partial charge >= 0.3 is 5.97 Å². The zero-order valence-electron chi connectivity index (χ0n) is 11.8. The molecule has 0 aliphatic carbocycles. The molecule has 1 aliphatic heterocycles. The lowest BCUT2D eigenvalue weighted by atomic mass is 10.1. The number of rotatable bonds is 4. The SMILES string of the molecule is CC(Oc1cc(C(=O)O)ccc1Br)C(=O)N1CCCCC1. The Kier molecular flexibility index (Phi) is 5.22. The molecule has 1 unspecified atom stereocenters. The zero-order valence-corrected chi connectivity index (χ0v) is 13.4. The van der Waals surface area contributed by atoms with Crippen LogP contribution in [0.15, 0.2) is 22.7 Å². The summed E-state index contributed by atoms with van der Waals surface area (Å²) < 4.78 is 6.28. The Balaban J connectivity index is 2.07. The fourth-order valence-electron chi connectivity index (χ4n) is 2.34. The van der Waals surface area contributed by atoms with Crippen LogP contribution in [0, 0.1) is 0 Å². The number of carboxylic acids is 1. The van der Waals surface area contributed by atoms with Crippen molar-refractivity contribution in [1.29, 1.82) is 0 Å². The first kappa shape index (κ1) is 15.8. The maximum absolute atomic E-state index is 12.3. The molecule has 2 rings (SSSR count). The van der Waals surface area contributed by atoms with Gasteiger partial charge in [-0.15, -0.1) is 0 Å². The minimum absolute atomic E-state index is 0.0534. The number of benzene rings is 1. The summed E-state index contributed by atoms with van der Waals surface area (Å²) in [5.74, 6) is -0.711. The lowest BCUT2D eigenvalue weighted by Crippen LogP contribution is -2.43. The molecule has 0 saturated carbocycles. The highest BCUT2D eigenvalue weighted by molar-refractivity contribution is 9.10. The van der Waals surface area contributed by atoms with Crippen LogP contribution in [0.1, 0.15) is 36.5 Å². The Labute approximate surface area is 132 Å². The van der Waals surface area contributed by atoms with Gasteiger partial charge in [0.2, 0.25) is 0 Å². The smallest absolute Gasteiger partial charge is 0.335 e. The number of ether oxygens (including phenoxy) is 1. The summed E-state index contributed by atoms with van der Waals surface area (Å²) in [5, 5.41) is 9.00. The predicted octanol–water partition coefficient (Wildman–Crippen LogP) is 2.93. The molecule has 0 aromatic heterocycles. The Morgan fingerprint density at radius 2 is 1.95 bits per heavy atom. The first-order valence-electron chi connectivity index (χ1n) is 6.97. The highest BCUT2D eigenvalue weighted by Crippen LogP contribution is 2.27. The molecule has 1 heterocycles. The van der Waals surface area contributed by atoms with Gasteiger partial charge in [-0.25, -0.2) is 4.79 Å². The molecule has 114 valence electrons. The molecule has 1 aromatic carbocycles. The summed E-state index contributed by atoms with van der Waals surface area (Å²) in [6, 6.07) is 4.51. The number of hydrogen-bond donors (Lipinski definition) is 1. The first-order chi connectivity index (χ1) is 9.99. The minimum atomic E-state index is -1.03. The molecule has 5 nitrogen and oxygen atoms in total. The molecule has 21 heavy (non-hydrogen) atoms. The summed E-state index contributed by atoms with van der Waals surface area (Å²) >= 11 is 3.31. The molecule has 6 heteroatoms. The number of halogens is 1. The summed E-state index contributed by atoms with van der Waals surface area (Å²) in [6.07, 6.45) is 2.57. The molecular weight excluding hydrogens is 338 g/mol. The van der Waals surface area contributed by atoms with Crippen molar-refractivity contribution in [2.75, 3.05) is 13.1 Å². The topological polar surface area (TPSA) is 66.8 Å². The number of carboxylic acid groups (broad SMARTS) is 1. The number of hydrogen-bond acceptors (Lipinski definition) is 3. The molecule has 1 aliphatic rings. The largest absolute Gasteiger partial charge is 0.480 e. The Morgan fingerprint density at radius 3 is 2.57 bits per heavy atom. The van der Waals surface area contributed by atoms with Crippen molar-refractivity contribution in [3.05, 3.63) is 28.2 Å². The average Bonchev–Trinajstić information content (AvgIpc) is 2.49. The van der Waals surface area contributed by atoms with Crippen molar-refractivity contribution in [2.24, 2.45) is 0 Å². The van der Waals surface area contributed by atoms with Crippen molar-refractivity contribution in [3.8, 4) is 5.75 Å². The van der Waals surface area contributed by atoms with Gasteiger partial charge in [-0.3, -0.25) is 4.79 Å². The molecule has 1 N–H and O–H groups in total. The van der Waals surface area contributed by atoms with E-state index in [9.17, 15) is 9.59 Å². The van der Waals surface area contributed by atoms with E-state index in [1.807, 2.05) is 4.90 Å². The summed E-state index contributed by atoms with van der Waals surface area (Å²) in [7, 11) is 0. The predicted molar refractivity (Wildman–Crippen MR) is 81.6 cm³/mol. The van der Waals surface area contributed by atoms with Gasteiger partial charge < -0.3 is 14.7 Å². The van der Waals surface area contributed by atoms with Crippen LogP contribution in [0.5, 0.6) is 5.75 Å². The van der Waals surface area contributed by atoms with Crippen LogP contribution in [-0.4, -0.2) is 41.1 Å². The Bertz CT molecular complexity index is 540. The highest BCUT2D eigenvalue weighted by Gasteiger charge is 2.24. The van der Waals surface area contributed by atoms with Crippen LogP contribution in [0.3, 0.4) is 0 Å². The minimum Gasteiger partial charge on any atom is -0.480 e. The lowest BCUT2D eigenvalue weighted by Gasteiger charge is -2.29. The van der Waals surface area contributed by atoms with Gasteiger partial charge in [0, 0.05) is 13.1 Å². The number of carbonyl (C=O) groups is 2. The van der Waals surface area contributed by atoms with Crippen molar-refractivity contribution in [1.82, 2.24) is 4.90 Å². The normalized spacial score (nSPS) is 16.4. The van der Waals surface area contributed by atoms with E-state index in [-0.39, 0.29) is 11.5 Å². The number of piperidine rings is 1. The van der Waals surface area contributed by atoms with Gasteiger partial charge in [-0.05, 0) is 60.3 Å². The number of amides is 1. The molecule has 0 radical (unpaired) electrons. The van der Waals surface area contributed by atoms with E-state index in [1.54, 1.807) is 13.0 Å². The number of carbonyl (C=O) groups excluding carboxylic acids is 1. The molecule has 1 amide bonds. The van der Waals surface area contributed by atoms with E-state index in [1.165, 1.54) is 12.1 Å². The third-order valence-corrected chi connectivity index (χ3v) is 4.15. The molecule has 0 bridgehead atoms. The van der Waals surface area contributed by atoms with Crippen LogP contribution in [0.25, 0.3) is 0 Å². The third-order valence-electron chi connectivity index (χ3n) is 3.50. The van der Waals surface area contributed by atoms with Crippen LogP contribution in [-0.2, 0) is 4.79 Å². The van der Waals surface area contributed by atoms with Crippen LogP contribution >= 0.6 is 15.9 Å². The first-order valence-corrected chi connectivity index (χ1v) is 7.76. The summed E-state index contributed by atoms with van der Waals surface area (Å²) in [6.45, 7) is 3.22. The number of aromatic carboxylic acids is 1. The second-order valence-corrected chi connectivity index (χ2v) is 5.95. The van der Waals surface area contributed by atoms with Crippen LogP contribution < -0.4 is 4.74 Å². The van der Waals surface area contributed by atoms with Crippen molar-refractivity contribution in [2.45, 2.75) is 32.3 Å². The van der Waals surface area contributed by atoms with Crippen LogP contribution in [0.4, 0.5) is 0 Å². The molecule has 1 fully saturated rings. The Hall–Kier alpha value is -1.56. The lowest BCUT2D eigenvalue weighted by molar-refractivity contribution is -0.138. The molecular formula is C15H18BrNO4. The van der Waals surface area contributed by atoms with E-state index in [4.69, 9.17) is 9.84 Å². The second kappa shape index (κ2) is 6.93. The van der Waals surface area contributed by atoms with Gasteiger partial charge in [-0.2, -0.15) is 0 Å². The van der Waals surface area contributed by atoms with Crippen molar-refractivity contribution >= 4 is 27.8 Å². The van der Waals surface area contributed by atoms with Gasteiger partial charge in [-0.1, -0.05) is 0 Å². The monoisotopic (exact) mass is 355 g/mol. The maximum Gasteiger partial charge on any atom is 0.335 e. The van der Waals surface area contributed by atoms with E-state index >= 15 is 0 Å². The van der Waals surface area contributed by atoms with Gasteiger partial charge in [0.15, 0.2) is 6.10 Å². The maximum atomic E-state index is 12.3. The van der Waals surface area contributed by atoms with Gasteiger partial charge in [0.25, 0.3) is 5.91 Å². The second-order valence-electron chi connectivity index (χ2n) is 5.10. The molecule has 1 saturated heterocycles. The standard InChI is InChI=1S/C15H18BrNO4/c1-10(14(18)17-7-3-2-4-8-17)21-13-9-11(15(19)20)5-6-12(13)16/h5-6,9-10H,2-4,7-8H2,1H3,(H,19,20). The van der Waals surface area contributed by atoms with Crippen molar-refractivity contribution < 1.29 is 19.4 Å². The quantitative estimate of drug-likeness (QED) is 0.901. The van der Waals surface area contributed by atoms with E-state index in [0.29, 0.717) is 10.2 Å².